The largest absolute Gasteiger partial charge is 0.619 e. The molecule has 3 fully saturated rings. The van der Waals surface area contributed by atoms with Crippen molar-refractivity contribution in [3.05, 3.63) is 67.5 Å². The van der Waals surface area contributed by atoms with Crippen molar-refractivity contribution in [3.63, 3.8) is 0 Å². The van der Waals surface area contributed by atoms with Crippen molar-refractivity contribution in [1.82, 2.24) is 10.1 Å². The van der Waals surface area contributed by atoms with E-state index in [4.69, 9.17) is 32.5 Å². The first-order valence-corrected chi connectivity index (χ1v) is 14.9. The van der Waals surface area contributed by atoms with E-state index in [0.717, 1.165) is 54.4 Å². The minimum atomic E-state index is -1.24. The van der Waals surface area contributed by atoms with Gasteiger partial charge in [0.05, 0.1) is 28.5 Å². The number of fused-ring (bicyclic) bond motifs is 3. The number of ether oxygens (including phenoxy) is 1. The van der Waals surface area contributed by atoms with Crippen molar-refractivity contribution in [2.45, 2.75) is 62.8 Å². The number of benzene rings is 1. The fourth-order valence-electron chi connectivity index (χ4n) is 6.53. The third-order valence-corrected chi connectivity index (χ3v) is 10.4. The molecule has 0 radical (unpaired) electrons. The van der Waals surface area contributed by atoms with E-state index in [1.165, 1.54) is 18.5 Å². The van der Waals surface area contributed by atoms with E-state index < -0.39 is 17.4 Å². The smallest absolute Gasteiger partial charge is 0.335 e. The molecule has 0 aliphatic heterocycles. The molecule has 2 N–H and O–H groups in total. The molecule has 3 saturated carbocycles. The van der Waals surface area contributed by atoms with Crippen LogP contribution in [0.4, 0.5) is 4.39 Å². The Morgan fingerprint density at radius 3 is 2.51 bits per heavy atom. The first kappa shape index (κ1) is 27.0. The van der Waals surface area contributed by atoms with Crippen molar-refractivity contribution in [2.75, 3.05) is 0 Å². The van der Waals surface area contributed by atoms with Gasteiger partial charge in [0.25, 0.3) is 0 Å². The van der Waals surface area contributed by atoms with Gasteiger partial charge in [-0.15, -0.1) is 11.3 Å². The van der Waals surface area contributed by atoms with Gasteiger partial charge in [-0.3, -0.25) is 0 Å². The Hall–Kier alpha value is -2.83. The number of rotatable bonds is 7. The molecule has 7 rings (SSSR count). The Balaban J connectivity index is 1.14. The maximum Gasteiger partial charge on any atom is 0.335 e. The molecule has 4 aromatic rings. The number of halogens is 3. The van der Waals surface area contributed by atoms with Gasteiger partial charge in [0.2, 0.25) is 0 Å². The van der Waals surface area contributed by atoms with E-state index in [2.05, 4.69) is 10.1 Å². The molecule has 3 aliphatic rings. The lowest BCUT2D eigenvalue weighted by Crippen LogP contribution is -2.44. The summed E-state index contributed by atoms with van der Waals surface area (Å²) in [7, 11) is 0. The zero-order valence-electron chi connectivity index (χ0n) is 21.5. The van der Waals surface area contributed by atoms with Crippen molar-refractivity contribution in [2.24, 2.45) is 11.8 Å². The molecule has 3 aromatic heterocycles. The SMILES string of the molecule is O=C(O)c1cc(F)c2nc(C3(O)C4CC[C@H]3CC(OCc3c(-c5c(Cl)c[n+]([O-])cc5Cl)noc3C3CC3)C4)sc2c1. The second-order valence-corrected chi connectivity index (χ2v) is 13.0. The molecule has 0 saturated heterocycles. The fourth-order valence-corrected chi connectivity index (χ4v) is 8.42. The Morgan fingerprint density at radius 2 is 1.88 bits per heavy atom. The Labute approximate surface area is 247 Å². The van der Waals surface area contributed by atoms with Gasteiger partial charge < -0.3 is 24.7 Å². The molecule has 9 nitrogen and oxygen atoms in total. The summed E-state index contributed by atoms with van der Waals surface area (Å²) in [5.41, 5.74) is 0.316. The summed E-state index contributed by atoms with van der Waals surface area (Å²) >= 11 is 13.9. The number of hydrogen-bond donors (Lipinski definition) is 2. The summed E-state index contributed by atoms with van der Waals surface area (Å²) < 4.78 is 27.8. The number of hydrogen-bond acceptors (Lipinski definition) is 8. The van der Waals surface area contributed by atoms with Crippen LogP contribution in [0, 0.1) is 22.9 Å². The molecule has 13 heteroatoms. The molecular weight excluding hydrogens is 596 g/mol. The third-order valence-electron chi connectivity index (χ3n) is 8.67. The molecule has 1 aromatic carbocycles. The van der Waals surface area contributed by atoms with Crippen LogP contribution in [0.25, 0.3) is 21.5 Å². The molecule has 0 spiro atoms. The Kier molecular flexibility index (Phi) is 6.51. The number of carboxylic acid groups (broad SMARTS) is 1. The lowest BCUT2D eigenvalue weighted by Gasteiger charge is -2.41. The summed E-state index contributed by atoms with van der Waals surface area (Å²) in [6.07, 6.45) is 6.95. The second-order valence-electron chi connectivity index (χ2n) is 11.2. The highest BCUT2D eigenvalue weighted by molar-refractivity contribution is 7.18. The van der Waals surface area contributed by atoms with Crippen LogP contribution in [0.2, 0.25) is 10.0 Å². The summed E-state index contributed by atoms with van der Waals surface area (Å²) in [5.74, 6) is -1.25. The van der Waals surface area contributed by atoms with Gasteiger partial charge in [-0.05, 0) is 62.5 Å². The van der Waals surface area contributed by atoms with Crippen LogP contribution >= 0.6 is 34.5 Å². The highest BCUT2D eigenvalue weighted by Gasteiger charge is 2.56. The minimum Gasteiger partial charge on any atom is -0.619 e. The molecule has 214 valence electrons. The van der Waals surface area contributed by atoms with Gasteiger partial charge >= 0.3 is 5.97 Å². The molecule has 3 heterocycles. The fraction of sp³-hybridized carbons (Fsp3) is 0.429. The molecule has 2 bridgehead atoms. The van der Waals surface area contributed by atoms with E-state index in [9.17, 15) is 24.6 Å². The van der Waals surface area contributed by atoms with Gasteiger partial charge in [0.15, 0.2) is 18.2 Å². The molecular formula is C28H24Cl2FN3O6S. The normalized spacial score (nSPS) is 25.7. The number of carboxylic acids is 1. The van der Waals surface area contributed by atoms with Crippen molar-refractivity contribution >= 4 is 50.7 Å². The molecule has 3 aliphatic carbocycles. The first-order valence-electron chi connectivity index (χ1n) is 13.4. The minimum absolute atomic E-state index is 0.0783. The Bertz CT molecular complexity index is 1670. The predicted octanol–water partition coefficient (Wildman–Crippen LogP) is 6.20. The van der Waals surface area contributed by atoms with Crippen LogP contribution in [0.15, 0.2) is 29.0 Å². The quantitative estimate of drug-likeness (QED) is 0.184. The van der Waals surface area contributed by atoms with Crippen LogP contribution in [0.3, 0.4) is 0 Å². The van der Waals surface area contributed by atoms with Gasteiger partial charge in [-0.2, -0.15) is 4.73 Å². The highest BCUT2D eigenvalue weighted by Crippen LogP contribution is 2.57. The average Bonchev–Trinajstić information content (AvgIpc) is 3.49. The summed E-state index contributed by atoms with van der Waals surface area (Å²) in [6, 6.07) is 2.36. The van der Waals surface area contributed by atoms with E-state index in [1.54, 1.807) is 0 Å². The van der Waals surface area contributed by atoms with Gasteiger partial charge in [0, 0.05) is 11.5 Å². The van der Waals surface area contributed by atoms with Gasteiger partial charge in [0.1, 0.15) is 37.6 Å². The monoisotopic (exact) mass is 619 g/mol. The van der Waals surface area contributed by atoms with Crippen molar-refractivity contribution in [1.29, 1.82) is 0 Å². The maximum absolute atomic E-state index is 14.7. The Morgan fingerprint density at radius 1 is 1.20 bits per heavy atom. The predicted molar refractivity (Wildman–Crippen MR) is 147 cm³/mol. The lowest BCUT2D eigenvalue weighted by atomic mass is 9.73. The van der Waals surface area contributed by atoms with Crippen molar-refractivity contribution in [3.8, 4) is 11.3 Å². The summed E-state index contributed by atoms with van der Waals surface area (Å²) in [4.78, 5) is 15.8. The van der Waals surface area contributed by atoms with Crippen molar-refractivity contribution < 1.29 is 33.4 Å². The zero-order valence-corrected chi connectivity index (χ0v) is 23.8. The molecule has 41 heavy (non-hydrogen) atoms. The third kappa shape index (κ3) is 4.49. The van der Waals surface area contributed by atoms with E-state index in [0.29, 0.717) is 38.5 Å². The standard InChI is InChI=1S/C28H24Cl2FN3O6S/c29-18-9-34(38)10-19(30)22(18)23-17(25(40-33-23)12-1-2-12)11-39-16-7-14-3-4-15(8-16)28(14,37)27-32-24-20(31)5-13(26(35)36)6-21(24)41-27/h5-6,9-10,12,14-16,37H,1-4,7-8,11H2,(H,35,36)/t14-,15?,16?,28?/m0/s1. The van der Waals surface area contributed by atoms with Crippen LogP contribution in [0.5, 0.6) is 0 Å². The van der Waals surface area contributed by atoms with Crippen LogP contribution in [-0.2, 0) is 16.9 Å². The van der Waals surface area contributed by atoms with Crippen LogP contribution < -0.4 is 4.73 Å². The number of aliphatic hydroxyl groups is 1. The highest BCUT2D eigenvalue weighted by atomic mass is 35.5. The first-order chi connectivity index (χ1) is 19.6. The number of thiazole rings is 1. The molecule has 4 atom stereocenters. The number of aromatic carboxylic acids is 1. The number of pyridine rings is 1. The zero-order chi connectivity index (χ0) is 28.6. The van der Waals surface area contributed by atoms with Gasteiger partial charge in [-0.25, -0.2) is 14.2 Å². The number of aromatic nitrogens is 3. The number of nitrogens with zero attached hydrogens (tertiary/aromatic N) is 3. The van der Waals surface area contributed by atoms with E-state index >= 15 is 0 Å². The summed E-state index contributed by atoms with van der Waals surface area (Å²) in [5, 5.41) is 38.0. The van der Waals surface area contributed by atoms with E-state index in [-0.39, 0.29) is 51.6 Å². The molecule has 3 unspecified atom stereocenters. The summed E-state index contributed by atoms with van der Waals surface area (Å²) in [6.45, 7) is 0.205. The van der Waals surface area contributed by atoms with Crippen LogP contribution in [-0.4, -0.2) is 32.4 Å². The second kappa shape index (κ2) is 9.88. The topological polar surface area (TPSA) is 133 Å². The average molecular weight is 620 g/mol. The lowest BCUT2D eigenvalue weighted by molar-refractivity contribution is -0.605. The van der Waals surface area contributed by atoms with E-state index in [1.807, 2.05) is 0 Å². The van der Waals surface area contributed by atoms with Gasteiger partial charge in [-0.1, -0.05) is 28.4 Å². The molecule has 0 amide bonds. The number of carbonyl (C=O) groups is 1. The van der Waals surface area contributed by atoms with Crippen LogP contribution in [0.1, 0.15) is 71.1 Å². The maximum atomic E-state index is 14.7.